The maximum Gasteiger partial charge on any atom is 0.165 e. The van der Waals surface area contributed by atoms with Gasteiger partial charge in [-0.3, -0.25) is 4.98 Å². The van der Waals surface area contributed by atoms with Crippen molar-refractivity contribution in [3.05, 3.63) is 54.2 Å². The highest BCUT2D eigenvalue weighted by atomic mass is 16.5. The van der Waals surface area contributed by atoms with Gasteiger partial charge in [-0.2, -0.15) is 0 Å². The Bertz CT molecular complexity index is 790. The van der Waals surface area contributed by atoms with Crippen LogP contribution in [0.25, 0.3) is 22.0 Å². The highest BCUT2D eigenvalue weighted by Gasteiger charge is 2.12. The molecule has 0 unspecified atom stereocenters. The highest BCUT2D eigenvalue weighted by molar-refractivity contribution is 5.85. The number of rotatable bonds is 4. The number of nitrogens with two attached hydrogens (primary N) is 1. The third kappa shape index (κ3) is 2.49. The van der Waals surface area contributed by atoms with Crippen LogP contribution in [-0.2, 0) is 6.54 Å². The Hall–Kier alpha value is -2.59. The zero-order valence-corrected chi connectivity index (χ0v) is 12.7. The first-order chi connectivity index (χ1) is 10.8. The predicted molar refractivity (Wildman–Crippen MR) is 88.2 cm³/mol. The highest BCUT2D eigenvalue weighted by Crippen LogP contribution is 2.36. The van der Waals surface area contributed by atoms with Gasteiger partial charge in [0.25, 0.3) is 0 Å². The van der Waals surface area contributed by atoms with Crippen LogP contribution in [0.3, 0.4) is 0 Å². The number of hydrogen-bond donors (Lipinski definition) is 1. The van der Waals surface area contributed by atoms with E-state index in [-0.39, 0.29) is 0 Å². The molecule has 0 amide bonds. The van der Waals surface area contributed by atoms with E-state index < -0.39 is 0 Å². The summed E-state index contributed by atoms with van der Waals surface area (Å²) in [7, 11) is 3.25. The molecule has 4 nitrogen and oxygen atoms in total. The lowest BCUT2D eigenvalue weighted by molar-refractivity contribution is 0.352. The minimum atomic E-state index is 0.391. The van der Waals surface area contributed by atoms with Crippen LogP contribution in [-0.4, -0.2) is 19.2 Å². The first-order valence-corrected chi connectivity index (χ1v) is 7.07. The van der Waals surface area contributed by atoms with Crippen LogP contribution in [0.15, 0.2) is 48.7 Å². The van der Waals surface area contributed by atoms with Gasteiger partial charge in [0.15, 0.2) is 11.5 Å². The fourth-order valence-corrected chi connectivity index (χ4v) is 2.62. The molecule has 2 aromatic carbocycles. The lowest BCUT2D eigenvalue weighted by Crippen LogP contribution is -2.02. The summed E-state index contributed by atoms with van der Waals surface area (Å²) in [6.07, 6.45) is 1.80. The summed E-state index contributed by atoms with van der Waals surface area (Å²) < 4.78 is 10.8. The van der Waals surface area contributed by atoms with Crippen molar-refractivity contribution < 1.29 is 9.47 Å². The Morgan fingerprint density at radius 1 is 1.00 bits per heavy atom. The van der Waals surface area contributed by atoms with Crippen molar-refractivity contribution in [3.63, 3.8) is 0 Å². The van der Waals surface area contributed by atoms with Gasteiger partial charge in [0, 0.05) is 23.7 Å². The molecule has 0 atom stereocenters. The molecule has 4 heteroatoms. The zero-order chi connectivity index (χ0) is 15.5. The number of methoxy groups -OCH3 is 2. The maximum absolute atomic E-state index is 5.84. The minimum absolute atomic E-state index is 0.391. The number of pyridine rings is 1. The second-order valence-corrected chi connectivity index (χ2v) is 4.99. The van der Waals surface area contributed by atoms with Crippen molar-refractivity contribution in [2.75, 3.05) is 14.2 Å². The molecular formula is C18H18N2O2. The van der Waals surface area contributed by atoms with Gasteiger partial charge in [0.2, 0.25) is 0 Å². The van der Waals surface area contributed by atoms with E-state index in [0.29, 0.717) is 18.0 Å². The van der Waals surface area contributed by atoms with Crippen molar-refractivity contribution in [3.8, 4) is 22.6 Å². The number of hydrogen-bond acceptors (Lipinski definition) is 4. The Morgan fingerprint density at radius 3 is 2.59 bits per heavy atom. The van der Waals surface area contributed by atoms with E-state index in [1.54, 1.807) is 20.4 Å². The van der Waals surface area contributed by atoms with E-state index >= 15 is 0 Å². The number of benzene rings is 2. The average Bonchev–Trinajstić information content (AvgIpc) is 2.59. The third-order valence-electron chi connectivity index (χ3n) is 3.71. The van der Waals surface area contributed by atoms with E-state index in [2.05, 4.69) is 23.2 Å². The van der Waals surface area contributed by atoms with Crippen molar-refractivity contribution in [1.82, 2.24) is 4.98 Å². The maximum atomic E-state index is 5.84. The molecule has 0 saturated carbocycles. The first kappa shape index (κ1) is 14.4. The summed E-state index contributed by atoms with van der Waals surface area (Å²) in [4.78, 5) is 4.35. The van der Waals surface area contributed by atoms with Crippen LogP contribution in [0.1, 0.15) is 5.56 Å². The van der Waals surface area contributed by atoms with Crippen molar-refractivity contribution in [1.29, 1.82) is 0 Å². The fraction of sp³-hybridized carbons (Fsp3) is 0.167. The molecule has 1 heterocycles. The SMILES string of the molecule is COc1cc(-c2ccc3ncccc3c2)cc(CN)c1OC. The van der Waals surface area contributed by atoms with E-state index in [4.69, 9.17) is 15.2 Å². The van der Waals surface area contributed by atoms with Gasteiger partial charge in [0.1, 0.15) is 0 Å². The second-order valence-electron chi connectivity index (χ2n) is 4.99. The van der Waals surface area contributed by atoms with E-state index in [0.717, 1.165) is 27.6 Å². The van der Waals surface area contributed by atoms with Crippen LogP contribution in [0, 0.1) is 0 Å². The van der Waals surface area contributed by atoms with E-state index in [1.807, 2.05) is 24.3 Å². The van der Waals surface area contributed by atoms with Gasteiger partial charge < -0.3 is 15.2 Å². The molecule has 0 aliphatic rings. The predicted octanol–water partition coefficient (Wildman–Crippen LogP) is 3.38. The van der Waals surface area contributed by atoms with Crippen LogP contribution >= 0.6 is 0 Å². The van der Waals surface area contributed by atoms with Gasteiger partial charge in [-0.05, 0) is 41.5 Å². The van der Waals surface area contributed by atoms with Gasteiger partial charge in [0.05, 0.1) is 19.7 Å². The Labute approximate surface area is 129 Å². The number of fused-ring (bicyclic) bond motifs is 1. The molecule has 3 aromatic rings. The lowest BCUT2D eigenvalue weighted by atomic mass is 10.00. The van der Waals surface area contributed by atoms with E-state index in [1.165, 1.54) is 0 Å². The van der Waals surface area contributed by atoms with Gasteiger partial charge >= 0.3 is 0 Å². The average molecular weight is 294 g/mol. The molecule has 0 aliphatic heterocycles. The Kier molecular flexibility index (Phi) is 3.94. The van der Waals surface area contributed by atoms with Crippen molar-refractivity contribution in [2.24, 2.45) is 5.73 Å². The summed E-state index contributed by atoms with van der Waals surface area (Å²) in [5.74, 6) is 1.38. The molecule has 1 aromatic heterocycles. The van der Waals surface area contributed by atoms with Crippen LogP contribution < -0.4 is 15.2 Å². The summed E-state index contributed by atoms with van der Waals surface area (Å²) in [6, 6.07) is 14.2. The molecular weight excluding hydrogens is 276 g/mol. The Morgan fingerprint density at radius 2 is 1.86 bits per heavy atom. The smallest absolute Gasteiger partial charge is 0.165 e. The van der Waals surface area contributed by atoms with Crippen LogP contribution in [0.5, 0.6) is 11.5 Å². The quantitative estimate of drug-likeness (QED) is 0.801. The molecule has 22 heavy (non-hydrogen) atoms. The molecule has 0 saturated heterocycles. The summed E-state index contributed by atoms with van der Waals surface area (Å²) in [6.45, 7) is 0.391. The molecule has 0 radical (unpaired) electrons. The summed E-state index contributed by atoms with van der Waals surface area (Å²) in [5.41, 5.74) is 9.88. The molecule has 2 N–H and O–H groups in total. The normalized spacial score (nSPS) is 10.7. The summed E-state index contributed by atoms with van der Waals surface area (Å²) >= 11 is 0. The second kappa shape index (κ2) is 6.03. The van der Waals surface area contributed by atoms with Crippen LogP contribution in [0.4, 0.5) is 0 Å². The monoisotopic (exact) mass is 294 g/mol. The fourth-order valence-electron chi connectivity index (χ4n) is 2.62. The minimum Gasteiger partial charge on any atom is -0.493 e. The molecule has 0 bridgehead atoms. The molecule has 0 spiro atoms. The Balaban J connectivity index is 2.17. The largest absolute Gasteiger partial charge is 0.493 e. The number of ether oxygens (including phenoxy) is 2. The van der Waals surface area contributed by atoms with Crippen LogP contribution in [0.2, 0.25) is 0 Å². The van der Waals surface area contributed by atoms with E-state index in [9.17, 15) is 0 Å². The van der Waals surface area contributed by atoms with Gasteiger partial charge in [-0.25, -0.2) is 0 Å². The number of aromatic nitrogens is 1. The first-order valence-electron chi connectivity index (χ1n) is 7.07. The van der Waals surface area contributed by atoms with Crippen molar-refractivity contribution in [2.45, 2.75) is 6.54 Å². The van der Waals surface area contributed by atoms with Crippen molar-refractivity contribution >= 4 is 10.9 Å². The standard InChI is InChI=1S/C18H18N2O2/c1-21-17-10-14(9-15(11-19)18(17)22-2)12-5-6-16-13(8-12)4-3-7-20-16/h3-10H,11,19H2,1-2H3. The van der Waals surface area contributed by atoms with Gasteiger partial charge in [-0.1, -0.05) is 12.1 Å². The topological polar surface area (TPSA) is 57.4 Å². The molecule has 0 aliphatic carbocycles. The van der Waals surface area contributed by atoms with Gasteiger partial charge in [-0.15, -0.1) is 0 Å². The summed E-state index contributed by atoms with van der Waals surface area (Å²) in [5, 5.41) is 1.10. The lowest BCUT2D eigenvalue weighted by Gasteiger charge is -2.14. The number of nitrogens with zero attached hydrogens (tertiary/aromatic N) is 1. The molecule has 112 valence electrons. The molecule has 0 fully saturated rings. The third-order valence-corrected chi connectivity index (χ3v) is 3.71. The molecule has 3 rings (SSSR count). The zero-order valence-electron chi connectivity index (χ0n) is 12.7.